The number of halogens is 1. The molecule has 1 aromatic heterocycles. The molecule has 3 aromatic rings. The molecule has 4 nitrogen and oxygen atoms in total. The minimum atomic E-state index is -0.230. The van der Waals surface area contributed by atoms with E-state index in [1.54, 1.807) is 25.3 Å². The number of anilines is 1. The van der Waals surface area contributed by atoms with Gasteiger partial charge in [0.25, 0.3) is 0 Å². The Kier molecular flexibility index (Phi) is 3.58. The molecule has 108 valence electrons. The molecule has 0 unspecified atom stereocenters. The first-order valence-electron chi connectivity index (χ1n) is 6.66. The highest BCUT2D eigenvalue weighted by atomic mass is 19.1. The van der Waals surface area contributed by atoms with Crippen molar-refractivity contribution < 1.29 is 9.13 Å². The minimum absolute atomic E-state index is 0.230. The molecular weight excluding hydrogens is 269 g/mol. The molecule has 0 atom stereocenters. The van der Waals surface area contributed by atoms with E-state index >= 15 is 0 Å². The first-order chi connectivity index (χ1) is 10.2. The zero-order chi connectivity index (χ0) is 14.8. The number of para-hydroxylation sites is 1. The van der Waals surface area contributed by atoms with Gasteiger partial charge in [0.15, 0.2) is 0 Å². The molecule has 3 rings (SSSR count). The summed E-state index contributed by atoms with van der Waals surface area (Å²) in [6.45, 7) is 0.744. The third-order valence-electron chi connectivity index (χ3n) is 3.45. The molecule has 0 saturated carbocycles. The van der Waals surface area contributed by atoms with E-state index in [1.165, 1.54) is 6.07 Å². The molecule has 2 aromatic carbocycles. The van der Waals surface area contributed by atoms with Crippen LogP contribution in [0.15, 0.2) is 42.5 Å². The zero-order valence-corrected chi connectivity index (χ0v) is 11.7. The van der Waals surface area contributed by atoms with E-state index in [2.05, 4.69) is 4.98 Å². The SMILES string of the molecule is COCc1nc2c(N)cccc2n1Cc1ccccc1F. The number of aromatic nitrogens is 2. The molecule has 0 aliphatic heterocycles. The van der Waals surface area contributed by atoms with Crippen LogP contribution in [-0.4, -0.2) is 16.7 Å². The Morgan fingerprint density at radius 3 is 2.76 bits per heavy atom. The van der Waals surface area contributed by atoms with Crippen molar-refractivity contribution in [2.75, 3.05) is 12.8 Å². The van der Waals surface area contributed by atoms with Gasteiger partial charge in [0.2, 0.25) is 0 Å². The van der Waals surface area contributed by atoms with Crippen LogP contribution in [-0.2, 0) is 17.9 Å². The van der Waals surface area contributed by atoms with Crippen molar-refractivity contribution in [2.24, 2.45) is 0 Å². The van der Waals surface area contributed by atoms with Crippen LogP contribution in [0.4, 0.5) is 10.1 Å². The number of methoxy groups -OCH3 is 1. The number of ether oxygens (including phenoxy) is 1. The van der Waals surface area contributed by atoms with E-state index in [9.17, 15) is 4.39 Å². The maximum Gasteiger partial charge on any atom is 0.136 e. The summed E-state index contributed by atoms with van der Waals surface area (Å²) in [5.74, 6) is 0.500. The number of hydrogen-bond acceptors (Lipinski definition) is 3. The van der Waals surface area contributed by atoms with Crippen LogP contribution in [0.2, 0.25) is 0 Å². The van der Waals surface area contributed by atoms with Crippen molar-refractivity contribution in [3.63, 3.8) is 0 Å². The highest BCUT2D eigenvalue weighted by Gasteiger charge is 2.14. The summed E-state index contributed by atoms with van der Waals surface area (Å²) >= 11 is 0. The summed E-state index contributed by atoms with van der Waals surface area (Å²) in [6, 6.07) is 12.3. The van der Waals surface area contributed by atoms with Crippen LogP contribution in [0.5, 0.6) is 0 Å². The minimum Gasteiger partial charge on any atom is -0.397 e. The van der Waals surface area contributed by atoms with Crippen molar-refractivity contribution in [1.29, 1.82) is 0 Å². The van der Waals surface area contributed by atoms with Crippen molar-refractivity contribution in [3.8, 4) is 0 Å². The number of nitrogens with two attached hydrogens (primary N) is 1. The Morgan fingerprint density at radius 1 is 1.19 bits per heavy atom. The first kappa shape index (κ1) is 13.6. The number of rotatable bonds is 4. The van der Waals surface area contributed by atoms with Gasteiger partial charge in [-0.05, 0) is 18.2 Å². The Morgan fingerprint density at radius 2 is 2.00 bits per heavy atom. The monoisotopic (exact) mass is 285 g/mol. The predicted octanol–water partition coefficient (Wildman–Crippen LogP) is 2.95. The van der Waals surface area contributed by atoms with E-state index in [0.29, 0.717) is 24.4 Å². The Hall–Kier alpha value is -2.40. The highest BCUT2D eigenvalue weighted by Crippen LogP contribution is 2.23. The fraction of sp³-hybridized carbons (Fsp3) is 0.188. The smallest absolute Gasteiger partial charge is 0.136 e. The fourth-order valence-electron chi connectivity index (χ4n) is 2.43. The van der Waals surface area contributed by atoms with Crippen LogP contribution in [0, 0.1) is 5.82 Å². The van der Waals surface area contributed by atoms with Crippen molar-refractivity contribution in [2.45, 2.75) is 13.2 Å². The van der Waals surface area contributed by atoms with Gasteiger partial charge >= 0.3 is 0 Å². The average Bonchev–Trinajstić information content (AvgIpc) is 2.82. The number of benzene rings is 2. The second-order valence-corrected chi connectivity index (χ2v) is 4.85. The molecule has 0 saturated heterocycles. The standard InChI is InChI=1S/C16H16FN3O/c1-21-10-15-19-16-13(18)7-4-8-14(16)20(15)9-11-5-2-3-6-12(11)17/h2-8H,9-10,18H2,1H3. The summed E-state index contributed by atoms with van der Waals surface area (Å²) in [7, 11) is 1.61. The van der Waals surface area contributed by atoms with Crippen molar-refractivity contribution >= 4 is 16.7 Å². The topological polar surface area (TPSA) is 53.1 Å². The predicted molar refractivity (Wildman–Crippen MR) is 80.4 cm³/mol. The van der Waals surface area contributed by atoms with Gasteiger partial charge in [-0.3, -0.25) is 0 Å². The number of fused-ring (bicyclic) bond motifs is 1. The van der Waals surface area contributed by atoms with Crippen LogP contribution in [0.25, 0.3) is 11.0 Å². The van der Waals surface area contributed by atoms with Gasteiger partial charge in [-0.25, -0.2) is 9.37 Å². The molecule has 0 amide bonds. The Bertz CT molecular complexity index is 782. The summed E-state index contributed by atoms with van der Waals surface area (Å²) in [5.41, 5.74) is 8.79. The zero-order valence-electron chi connectivity index (χ0n) is 11.7. The average molecular weight is 285 g/mol. The van der Waals surface area contributed by atoms with Crippen LogP contribution in [0.1, 0.15) is 11.4 Å². The number of nitrogens with zero attached hydrogens (tertiary/aromatic N) is 2. The Balaban J connectivity index is 2.13. The lowest BCUT2D eigenvalue weighted by atomic mass is 10.2. The maximum atomic E-state index is 13.9. The van der Waals surface area contributed by atoms with E-state index in [1.807, 2.05) is 22.8 Å². The van der Waals surface area contributed by atoms with Crippen LogP contribution >= 0.6 is 0 Å². The summed E-state index contributed by atoms with van der Waals surface area (Å²) in [5, 5.41) is 0. The molecule has 2 N–H and O–H groups in total. The van der Waals surface area contributed by atoms with Gasteiger partial charge < -0.3 is 15.0 Å². The lowest BCUT2D eigenvalue weighted by molar-refractivity contribution is 0.175. The van der Waals surface area contributed by atoms with Crippen molar-refractivity contribution in [1.82, 2.24) is 9.55 Å². The Labute approximate surface area is 122 Å². The van der Waals surface area contributed by atoms with Gasteiger partial charge in [0, 0.05) is 12.7 Å². The van der Waals surface area contributed by atoms with E-state index < -0.39 is 0 Å². The quantitative estimate of drug-likeness (QED) is 0.750. The molecule has 0 aliphatic carbocycles. The maximum absolute atomic E-state index is 13.9. The summed E-state index contributed by atoms with van der Waals surface area (Å²) in [6.07, 6.45) is 0. The molecule has 0 radical (unpaired) electrons. The van der Waals surface area contributed by atoms with E-state index in [-0.39, 0.29) is 5.82 Å². The molecule has 1 heterocycles. The lowest BCUT2D eigenvalue weighted by Gasteiger charge is -2.09. The first-order valence-corrected chi connectivity index (χ1v) is 6.66. The van der Waals surface area contributed by atoms with Gasteiger partial charge in [-0.1, -0.05) is 24.3 Å². The molecular formula is C16H16FN3O. The van der Waals surface area contributed by atoms with E-state index in [4.69, 9.17) is 10.5 Å². The third-order valence-corrected chi connectivity index (χ3v) is 3.45. The second kappa shape index (κ2) is 5.54. The fourth-order valence-corrected chi connectivity index (χ4v) is 2.43. The van der Waals surface area contributed by atoms with Gasteiger partial charge in [-0.2, -0.15) is 0 Å². The molecule has 0 fully saturated rings. The molecule has 21 heavy (non-hydrogen) atoms. The van der Waals surface area contributed by atoms with Gasteiger partial charge in [-0.15, -0.1) is 0 Å². The molecule has 0 spiro atoms. The van der Waals surface area contributed by atoms with Crippen LogP contribution in [0.3, 0.4) is 0 Å². The number of nitrogen functional groups attached to an aromatic ring is 1. The second-order valence-electron chi connectivity index (χ2n) is 4.85. The highest BCUT2D eigenvalue weighted by molar-refractivity contribution is 5.87. The normalized spacial score (nSPS) is 11.1. The van der Waals surface area contributed by atoms with Crippen LogP contribution < -0.4 is 5.73 Å². The molecule has 0 aliphatic rings. The number of imidazole rings is 1. The third kappa shape index (κ3) is 2.48. The lowest BCUT2D eigenvalue weighted by Crippen LogP contribution is -2.07. The van der Waals surface area contributed by atoms with Gasteiger partial charge in [0.1, 0.15) is 23.8 Å². The van der Waals surface area contributed by atoms with Crippen molar-refractivity contribution in [3.05, 3.63) is 59.7 Å². The van der Waals surface area contributed by atoms with Gasteiger partial charge in [0.05, 0.1) is 17.7 Å². The summed E-state index contributed by atoms with van der Waals surface area (Å²) < 4.78 is 21.0. The summed E-state index contributed by atoms with van der Waals surface area (Å²) in [4.78, 5) is 4.52. The molecule has 0 bridgehead atoms. The number of hydrogen-bond donors (Lipinski definition) is 1. The van der Waals surface area contributed by atoms with E-state index in [0.717, 1.165) is 16.9 Å². The molecule has 5 heteroatoms. The largest absolute Gasteiger partial charge is 0.397 e.